The lowest BCUT2D eigenvalue weighted by Crippen LogP contribution is -2.26. The van der Waals surface area contributed by atoms with Crippen molar-refractivity contribution in [2.45, 2.75) is 19.4 Å². The molecule has 1 aliphatic rings. The van der Waals surface area contributed by atoms with Crippen LogP contribution in [0.4, 0.5) is 5.69 Å². The van der Waals surface area contributed by atoms with Crippen molar-refractivity contribution in [2.24, 2.45) is 11.8 Å². The monoisotopic (exact) mass is 339 g/mol. The number of carbonyl (C=O) groups is 2. The summed E-state index contributed by atoms with van der Waals surface area (Å²) in [6.07, 6.45) is -0.162. The molecule has 1 aliphatic carbocycles. The quantitative estimate of drug-likeness (QED) is 0.817. The van der Waals surface area contributed by atoms with Crippen LogP contribution in [-0.2, 0) is 14.3 Å². The molecule has 0 aliphatic heterocycles. The van der Waals surface area contributed by atoms with E-state index in [4.69, 9.17) is 9.47 Å². The van der Waals surface area contributed by atoms with Crippen molar-refractivity contribution in [1.29, 1.82) is 0 Å². The highest BCUT2D eigenvalue weighted by Gasteiger charge is 2.42. The Labute approximate surface area is 147 Å². The molecular weight excluding hydrogens is 318 g/mol. The Kier molecular flexibility index (Phi) is 5.03. The van der Waals surface area contributed by atoms with E-state index in [1.807, 2.05) is 25.1 Å². The molecule has 5 heteroatoms. The smallest absolute Gasteiger partial charge is 0.310 e. The minimum atomic E-state index is -0.979. The number of amides is 1. The highest BCUT2D eigenvalue weighted by Crippen LogP contribution is 2.39. The summed E-state index contributed by atoms with van der Waals surface area (Å²) in [6.45, 7) is 2.00. The largest absolute Gasteiger partial charge is 0.497 e. The Hall–Kier alpha value is -2.82. The fourth-order valence-corrected chi connectivity index (χ4v) is 2.66. The first kappa shape index (κ1) is 17.0. The van der Waals surface area contributed by atoms with Crippen LogP contribution in [0.1, 0.15) is 25.0 Å². The van der Waals surface area contributed by atoms with Gasteiger partial charge in [-0.05, 0) is 24.5 Å². The Morgan fingerprint density at radius 2 is 1.84 bits per heavy atom. The SMILES string of the molecule is COc1cccc(NC(=O)[C@@H](OC(=O)[C@@H]2C[C@H]2C)c2ccccc2)c1. The van der Waals surface area contributed by atoms with Gasteiger partial charge in [-0.25, -0.2) is 0 Å². The fourth-order valence-electron chi connectivity index (χ4n) is 2.66. The molecule has 0 bridgehead atoms. The number of rotatable bonds is 6. The highest BCUT2D eigenvalue weighted by molar-refractivity contribution is 5.96. The van der Waals surface area contributed by atoms with Gasteiger partial charge >= 0.3 is 5.97 Å². The first-order chi connectivity index (χ1) is 12.1. The molecule has 2 aromatic rings. The van der Waals surface area contributed by atoms with E-state index in [1.54, 1.807) is 43.5 Å². The van der Waals surface area contributed by atoms with Crippen LogP contribution in [0.25, 0.3) is 0 Å². The van der Waals surface area contributed by atoms with Crippen LogP contribution in [0.5, 0.6) is 5.75 Å². The Balaban J connectivity index is 1.77. The number of esters is 1. The minimum absolute atomic E-state index is 0.101. The first-order valence-electron chi connectivity index (χ1n) is 8.29. The molecular formula is C20H21NO4. The Morgan fingerprint density at radius 3 is 2.48 bits per heavy atom. The topological polar surface area (TPSA) is 64.6 Å². The molecule has 0 saturated heterocycles. The normalized spacial score (nSPS) is 19.6. The average molecular weight is 339 g/mol. The van der Waals surface area contributed by atoms with Crippen molar-refractivity contribution < 1.29 is 19.1 Å². The zero-order valence-corrected chi connectivity index (χ0v) is 14.3. The lowest BCUT2D eigenvalue weighted by Gasteiger charge is -2.18. The summed E-state index contributed by atoms with van der Waals surface area (Å²) in [6, 6.07) is 16.1. The van der Waals surface area contributed by atoms with Gasteiger partial charge in [-0.15, -0.1) is 0 Å². The molecule has 0 unspecified atom stereocenters. The predicted molar refractivity (Wildman–Crippen MR) is 94.2 cm³/mol. The first-order valence-corrected chi connectivity index (χ1v) is 8.29. The zero-order chi connectivity index (χ0) is 17.8. The third-order valence-electron chi connectivity index (χ3n) is 4.32. The molecule has 1 N–H and O–H groups in total. The maximum Gasteiger partial charge on any atom is 0.310 e. The predicted octanol–water partition coefficient (Wildman–Crippen LogP) is 3.57. The molecule has 3 atom stereocenters. The van der Waals surface area contributed by atoms with Crippen molar-refractivity contribution in [3.05, 3.63) is 60.2 Å². The van der Waals surface area contributed by atoms with Gasteiger partial charge in [0, 0.05) is 17.3 Å². The summed E-state index contributed by atoms with van der Waals surface area (Å²) in [5.74, 6) is 0.155. The summed E-state index contributed by atoms with van der Waals surface area (Å²) >= 11 is 0. The third-order valence-corrected chi connectivity index (χ3v) is 4.32. The molecule has 0 spiro atoms. The lowest BCUT2D eigenvalue weighted by atomic mass is 10.1. The summed E-state index contributed by atoms with van der Waals surface area (Å²) in [5.41, 5.74) is 1.23. The summed E-state index contributed by atoms with van der Waals surface area (Å²) in [7, 11) is 1.56. The third kappa shape index (κ3) is 4.18. The van der Waals surface area contributed by atoms with Gasteiger partial charge in [-0.3, -0.25) is 9.59 Å². The van der Waals surface area contributed by atoms with Crippen LogP contribution in [0.3, 0.4) is 0 Å². The molecule has 0 radical (unpaired) electrons. The Bertz CT molecular complexity index is 759. The number of methoxy groups -OCH3 is 1. The van der Waals surface area contributed by atoms with E-state index in [-0.39, 0.29) is 17.8 Å². The summed E-state index contributed by atoms with van der Waals surface area (Å²) in [4.78, 5) is 25.0. The van der Waals surface area contributed by atoms with Crippen LogP contribution in [0.15, 0.2) is 54.6 Å². The second-order valence-electron chi connectivity index (χ2n) is 6.27. The van der Waals surface area contributed by atoms with Crippen LogP contribution >= 0.6 is 0 Å². The summed E-state index contributed by atoms with van der Waals surface area (Å²) in [5, 5.41) is 2.79. The van der Waals surface area contributed by atoms with E-state index in [2.05, 4.69) is 5.32 Å². The van der Waals surface area contributed by atoms with Crippen molar-refractivity contribution in [3.8, 4) is 5.75 Å². The number of benzene rings is 2. The second-order valence-corrected chi connectivity index (χ2v) is 6.27. The van der Waals surface area contributed by atoms with Gasteiger partial charge in [0.25, 0.3) is 5.91 Å². The van der Waals surface area contributed by atoms with Gasteiger partial charge in [0.2, 0.25) is 6.10 Å². The molecule has 3 rings (SSSR count). The van der Waals surface area contributed by atoms with Crippen LogP contribution in [0, 0.1) is 11.8 Å². The van der Waals surface area contributed by atoms with Crippen LogP contribution in [0.2, 0.25) is 0 Å². The van der Waals surface area contributed by atoms with Gasteiger partial charge in [0.05, 0.1) is 13.0 Å². The number of carbonyl (C=O) groups excluding carboxylic acids is 2. The van der Waals surface area contributed by atoms with Gasteiger partial charge in [-0.2, -0.15) is 0 Å². The molecule has 25 heavy (non-hydrogen) atoms. The fraction of sp³-hybridized carbons (Fsp3) is 0.300. The Morgan fingerprint density at radius 1 is 1.12 bits per heavy atom. The number of anilines is 1. The van der Waals surface area contributed by atoms with Crippen LogP contribution in [-0.4, -0.2) is 19.0 Å². The van der Waals surface area contributed by atoms with Gasteiger partial charge in [0.1, 0.15) is 5.75 Å². The van der Waals surface area contributed by atoms with Gasteiger partial charge < -0.3 is 14.8 Å². The number of hydrogen-bond donors (Lipinski definition) is 1. The van der Waals surface area contributed by atoms with Gasteiger partial charge in [0.15, 0.2) is 0 Å². The number of hydrogen-bond acceptors (Lipinski definition) is 4. The number of ether oxygens (including phenoxy) is 2. The summed E-state index contributed by atoms with van der Waals surface area (Å²) < 4.78 is 10.7. The molecule has 2 aromatic carbocycles. The van der Waals surface area contributed by atoms with E-state index in [9.17, 15) is 9.59 Å². The molecule has 130 valence electrons. The van der Waals surface area contributed by atoms with E-state index in [1.165, 1.54) is 0 Å². The molecule has 5 nitrogen and oxygen atoms in total. The molecule has 1 fully saturated rings. The highest BCUT2D eigenvalue weighted by atomic mass is 16.5. The lowest BCUT2D eigenvalue weighted by molar-refractivity contribution is -0.156. The maximum atomic E-state index is 12.7. The number of nitrogens with one attached hydrogen (secondary N) is 1. The van der Waals surface area contributed by atoms with E-state index in [0.717, 1.165) is 6.42 Å². The van der Waals surface area contributed by atoms with Crippen molar-refractivity contribution in [1.82, 2.24) is 0 Å². The maximum absolute atomic E-state index is 12.7. The molecule has 1 amide bonds. The molecule has 1 saturated carbocycles. The second kappa shape index (κ2) is 7.38. The van der Waals surface area contributed by atoms with E-state index in [0.29, 0.717) is 22.9 Å². The van der Waals surface area contributed by atoms with Gasteiger partial charge in [-0.1, -0.05) is 43.3 Å². The minimum Gasteiger partial charge on any atom is -0.497 e. The standard InChI is InChI=1S/C20H21NO4/c1-13-11-17(13)20(23)25-18(14-7-4-3-5-8-14)19(22)21-15-9-6-10-16(12-15)24-2/h3-10,12-13,17-18H,11H2,1-2H3,(H,21,22)/t13-,17-,18+/m1/s1. The van der Waals surface area contributed by atoms with E-state index < -0.39 is 6.10 Å². The average Bonchev–Trinajstić information content (AvgIpc) is 3.37. The van der Waals surface area contributed by atoms with Crippen LogP contribution < -0.4 is 10.1 Å². The van der Waals surface area contributed by atoms with Crippen molar-refractivity contribution >= 4 is 17.6 Å². The van der Waals surface area contributed by atoms with Crippen molar-refractivity contribution in [2.75, 3.05) is 12.4 Å². The molecule has 0 heterocycles. The van der Waals surface area contributed by atoms with E-state index >= 15 is 0 Å². The van der Waals surface area contributed by atoms with Crippen molar-refractivity contribution in [3.63, 3.8) is 0 Å². The zero-order valence-electron chi connectivity index (χ0n) is 14.3. The molecule has 0 aromatic heterocycles.